The van der Waals surface area contributed by atoms with Gasteiger partial charge < -0.3 is 15.5 Å². The number of aromatic nitrogens is 3. The third-order valence-corrected chi connectivity index (χ3v) is 6.18. The number of halogens is 2. The minimum Gasteiger partial charge on any atom is -0.384 e. The molecule has 3 N–H and O–H groups in total. The van der Waals surface area contributed by atoms with Gasteiger partial charge in [-0.1, -0.05) is 32.4 Å². The van der Waals surface area contributed by atoms with Gasteiger partial charge in [-0.3, -0.25) is 15.0 Å². The number of fused-ring (bicyclic) bond motifs is 1. The maximum Gasteiger partial charge on any atom is 0.255 e. The number of nitrogens with one attached hydrogen (secondary N) is 3. The summed E-state index contributed by atoms with van der Waals surface area (Å²) in [4.78, 5) is 32.7. The number of hydrogen-bond donors (Lipinski definition) is 3. The molecule has 2 aromatic heterocycles. The number of hydrogen-bond acceptors (Lipinski definition) is 8. The number of carbonyl (C=O) groups is 2. The monoisotopic (exact) mass is 588 g/mol. The Morgan fingerprint density at radius 1 is 1.35 bits per heavy atom. The first-order chi connectivity index (χ1) is 19.2. The van der Waals surface area contributed by atoms with Crippen LogP contribution in [0.1, 0.15) is 62.7 Å². The van der Waals surface area contributed by atoms with Crippen LogP contribution in [-0.2, 0) is 4.79 Å². The molecule has 0 bridgehead atoms. The third-order valence-electron chi connectivity index (χ3n) is 5.52. The fourth-order valence-corrected chi connectivity index (χ4v) is 4.12. The molecular formula is C27H34ClFN8O2S. The van der Waals surface area contributed by atoms with E-state index in [1.54, 1.807) is 23.1 Å². The molecule has 1 aromatic carbocycles. The molecule has 13 heteroatoms. The second kappa shape index (κ2) is 15.8. The van der Waals surface area contributed by atoms with Crippen molar-refractivity contribution in [2.75, 3.05) is 25.0 Å². The molecule has 0 aliphatic carbocycles. The summed E-state index contributed by atoms with van der Waals surface area (Å²) in [6, 6.07) is 7.17. The Bertz CT molecular complexity index is 1370. The van der Waals surface area contributed by atoms with Crippen molar-refractivity contribution < 1.29 is 13.5 Å². The van der Waals surface area contributed by atoms with Gasteiger partial charge in [-0.15, -0.1) is 3.89 Å². The lowest BCUT2D eigenvalue weighted by molar-refractivity contribution is -0.122. The van der Waals surface area contributed by atoms with E-state index >= 15 is 0 Å². The van der Waals surface area contributed by atoms with Crippen LogP contribution >= 0.6 is 23.9 Å². The smallest absolute Gasteiger partial charge is 0.255 e. The first-order valence-corrected chi connectivity index (χ1v) is 14.0. The zero-order valence-corrected chi connectivity index (χ0v) is 24.7. The fraction of sp³-hybridized carbons (Fsp3) is 0.407. The van der Waals surface area contributed by atoms with E-state index in [4.69, 9.17) is 22.3 Å². The highest BCUT2D eigenvalue weighted by Gasteiger charge is 2.24. The first-order valence-electron chi connectivity index (χ1n) is 12.9. The van der Waals surface area contributed by atoms with Gasteiger partial charge in [0, 0.05) is 48.1 Å². The largest absolute Gasteiger partial charge is 0.384 e. The van der Waals surface area contributed by atoms with Crippen LogP contribution in [0, 0.1) is 22.7 Å². The van der Waals surface area contributed by atoms with Crippen LogP contribution in [0.4, 0.5) is 9.57 Å². The highest BCUT2D eigenvalue weighted by Crippen LogP contribution is 2.26. The van der Waals surface area contributed by atoms with E-state index < -0.39 is 0 Å². The van der Waals surface area contributed by atoms with Crippen molar-refractivity contribution in [1.29, 1.82) is 10.7 Å². The summed E-state index contributed by atoms with van der Waals surface area (Å²) in [5.74, 6) is -0.280. The summed E-state index contributed by atoms with van der Waals surface area (Å²) in [6.45, 7) is 11.7. The molecule has 10 nitrogen and oxygen atoms in total. The van der Waals surface area contributed by atoms with Gasteiger partial charge in [-0.2, -0.15) is 5.26 Å². The van der Waals surface area contributed by atoms with Gasteiger partial charge in [0.15, 0.2) is 18.0 Å². The Hall–Kier alpha value is -3.69. The molecule has 214 valence electrons. The third kappa shape index (κ3) is 8.16. The van der Waals surface area contributed by atoms with E-state index in [1.807, 2.05) is 34.6 Å². The number of rotatable bonds is 9. The molecule has 0 spiro atoms. The summed E-state index contributed by atoms with van der Waals surface area (Å²) in [7, 11) is 0. The summed E-state index contributed by atoms with van der Waals surface area (Å²) >= 11 is 6.05. The molecule has 0 radical (unpaired) electrons. The van der Waals surface area contributed by atoms with E-state index in [0.29, 0.717) is 29.4 Å². The van der Waals surface area contributed by atoms with Crippen molar-refractivity contribution in [2.24, 2.45) is 5.92 Å². The average Bonchev–Trinajstić information content (AvgIpc) is 3.30. The zero-order chi connectivity index (χ0) is 29.8. The highest BCUT2D eigenvalue weighted by atomic mass is 35.5. The van der Waals surface area contributed by atoms with E-state index in [2.05, 4.69) is 26.7 Å². The van der Waals surface area contributed by atoms with Gasteiger partial charge in [-0.05, 0) is 38.5 Å². The number of likely N-dealkylation sites (tertiary alicyclic amines) is 1. The van der Waals surface area contributed by atoms with Crippen molar-refractivity contribution in [2.45, 2.75) is 47.1 Å². The van der Waals surface area contributed by atoms with Crippen molar-refractivity contribution in [3.8, 4) is 6.07 Å². The van der Waals surface area contributed by atoms with Crippen LogP contribution in [0.5, 0.6) is 0 Å². The molecular weight excluding hydrogens is 555 g/mol. The van der Waals surface area contributed by atoms with Crippen molar-refractivity contribution in [1.82, 2.24) is 24.2 Å². The van der Waals surface area contributed by atoms with Gasteiger partial charge in [0.1, 0.15) is 11.2 Å². The predicted molar refractivity (Wildman–Crippen MR) is 158 cm³/mol. The predicted octanol–water partition coefficient (Wildman–Crippen LogP) is 5.47. The minimum absolute atomic E-state index is 0.0650. The van der Waals surface area contributed by atoms with Gasteiger partial charge in [0.05, 0.1) is 29.5 Å². The van der Waals surface area contributed by atoms with Crippen molar-refractivity contribution >= 4 is 58.8 Å². The van der Waals surface area contributed by atoms with E-state index in [-0.39, 0.29) is 58.3 Å². The molecule has 0 saturated carbocycles. The highest BCUT2D eigenvalue weighted by molar-refractivity contribution is 7.92. The summed E-state index contributed by atoms with van der Waals surface area (Å²) in [5.41, 5.74) is 2.36. The zero-order valence-electron chi connectivity index (χ0n) is 23.2. The molecule has 1 fully saturated rings. The number of amides is 2. The summed E-state index contributed by atoms with van der Waals surface area (Å²) in [6.07, 6.45) is 4.44. The van der Waals surface area contributed by atoms with Crippen LogP contribution in [0.2, 0.25) is 5.02 Å². The normalized spacial score (nSPS) is 12.3. The molecule has 4 rings (SSSR count). The maximum absolute atomic E-state index is 13.3. The molecule has 3 aromatic rings. The first kappa shape index (κ1) is 32.5. The van der Waals surface area contributed by atoms with Gasteiger partial charge >= 0.3 is 0 Å². The Balaban J connectivity index is 0.000000475. The quantitative estimate of drug-likeness (QED) is 0.222. The standard InChI is InChI=1S/C20H22ClFN6OS.C5H6N2O.C2H6/c1-4-7-24-15-8-12(21)5-6-13(15)17(23)16-9-25-19-18(27-16)14(10-28(19)30-22)20(29)26-11(2)3;6-1-5-2-7(3-5)4-8;1-2/h5-6,8-11,23-24H,4,7H2,1-3H3,(H,26,29);4-5H,2-3H2;1-2H3. The Labute approximate surface area is 243 Å². The van der Waals surface area contributed by atoms with E-state index in [9.17, 15) is 13.5 Å². The van der Waals surface area contributed by atoms with E-state index in [0.717, 1.165) is 23.3 Å². The van der Waals surface area contributed by atoms with Crippen LogP contribution < -0.4 is 10.6 Å². The number of nitriles is 1. The van der Waals surface area contributed by atoms with Crippen LogP contribution in [0.25, 0.3) is 11.2 Å². The van der Waals surface area contributed by atoms with Gasteiger partial charge in [0.2, 0.25) is 6.41 Å². The second-order valence-electron chi connectivity index (χ2n) is 8.87. The molecule has 2 amide bonds. The molecule has 0 unspecified atom stereocenters. The number of anilines is 1. The molecule has 1 aliphatic heterocycles. The Kier molecular flexibility index (Phi) is 12.8. The topological polar surface area (TPSA) is 140 Å². The van der Waals surface area contributed by atoms with Crippen LogP contribution in [-0.4, -0.2) is 62.5 Å². The Morgan fingerprint density at radius 2 is 2.05 bits per heavy atom. The van der Waals surface area contributed by atoms with Crippen LogP contribution in [0.3, 0.4) is 0 Å². The molecule has 40 heavy (non-hydrogen) atoms. The number of benzene rings is 1. The lowest BCUT2D eigenvalue weighted by atomic mass is 10.0. The summed E-state index contributed by atoms with van der Waals surface area (Å²) in [5, 5.41) is 23.5. The van der Waals surface area contributed by atoms with Gasteiger partial charge in [0.25, 0.3) is 5.91 Å². The second-order valence-corrected chi connectivity index (χ2v) is 9.84. The van der Waals surface area contributed by atoms with Crippen molar-refractivity contribution in [3.05, 3.63) is 52.4 Å². The molecule has 1 aliphatic rings. The Morgan fingerprint density at radius 3 is 2.62 bits per heavy atom. The number of carbonyl (C=O) groups excluding carboxylic acids is 2. The molecule has 1 saturated heterocycles. The SMILES string of the molecule is CC.CCCNc1cc(Cl)ccc1C(=N)c1cnc2c(n1)c(C(=O)NC(C)C)cn2SF.N#CC1CN(C=O)C1. The van der Waals surface area contributed by atoms with Crippen LogP contribution in [0.15, 0.2) is 30.6 Å². The lowest BCUT2D eigenvalue weighted by Crippen LogP contribution is -2.44. The van der Waals surface area contributed by atoms with Gasteiger partial charge in [-0.25, -0.2) is 13.9 Å². The maximum atomic E-state index is 13.3. The fourth-order valence-electron chi connectivity index (χ4n) is 3.60. The van der Waals surface area contributed by atoms with E-state index in [1.165, 1.54) is 12.4 Å². The number of nitrogens with zero attached hydrogens (tertiary/aromatic N) is 5. The minimum atomic E-state index is -0.377. The average molecular weight is 589 g/mol. The van der Waals surface area contributed by atoms with Crippen molar-refractivity contribution in [3.63, 3.8) is 0 Å². The molecule has 3 heterocycles. The summed E-state index contributed by atoms with van der Waals surface area (Å²) < 4.78 is 14.5. The lowest BCUT2D eigenvalue weighted by Gasteiger charge is -2.31. The molecule has 0 atom stereocenters.